The molecule has 30 heavy (non-hydrogen) atoms. The van der Waals surface area contributed by atoms with Gasteiger partial charge in [-0.05, 0) is 41.6 Å². The molecule has 0 fully saturated rings. The highest BCUT2D eigenvalue weighted by atomic mass is 32.2. The van der Waals surface area contributed by atoms with E-state index in [-0.39, 0.29) is 23.1 Å². The Balaban J connectivity index is 1.54. The SMILES string of the molecule is CN(CCc1ccc(C#N)cc1)C(=O)CCN(C)S(=O)(=O)c1cc2ccccc2s1. The van der Waals surface area contributed by atoms with E-state index in [0.717, 1.165) is 15.6 Å². The molecule has 2 aromatic carbocycles. The largest absolute Gasteiger partial charge is 0.345 e. The van der Waals surface area contributed by atoms with Crippen molar-refractivity contribution in [2.24, 2.45) is 0 Å². The molecule has 8 heteroatoms. The fourth-order valence-electron chi connectivity index (χ4n) is 2.97. The highest BCUT2D eigenvalue weighted by Crippen LogP contribution is 2.30. The van der Waals surface area contributed by atoms with Crippen LogP contribution in [-0.2, 0) is 21.2 Å². The number of benzene rings is 2. The molecule has 0 N–H and O–H groups in total. The van der Waals surface area contributed by atoms with E-state index in [1.807, 2.05) is 36.4 Å². The maximum atomic E-state index is 12.8. The van der Waals surface area contributed by atoms with Crippen molar-refractivity contribution in [2.75, 3.05) is 27.2 Å². The zero-order valence-corrected chi connectivity index (χ0v) is 18.5. The number of amides is 1. The normalized spacial score (nSPS) is 11.5. The highest BCUT2D eigenvalue weighted by Gasteiger charge is 2.24. The van der Waals surface area contributed by atoms with Gasteiger partial charge in [-0.3, -0.25) is 4.79 Å². The Morgan fingerprint density at radius 1 is 1.07 bits per heavy atom. The van der Waals surface area contributed by atoms with Crippen molar-refractivity contribution in [3.63, 3.8) is 0 Å². The fraction of sp³-hybridized carbons (Fsp3) is 0.273. The molecule has 0 radical (unpaired) electrons. The number of rotatable bonds is 8. The van der Waals surface area contributed by atoms with Crippen molar-refractivity contribution in [3.8, 4) is 6.07 Å². The lowest BCUT2D eigenvalue weighted by Crippen LogP contribution is -2.34. The second-order valence-electron chi connectivity index (χ2n) is 7.05. The molecule has 0 bridgehead atoms. The molecule has 0 atom stereocenters. The van der Waals surface area contributed by atoms with Gasteiger partial charge in [-0.25, -0.2) is 8.42 Å². The number of nitrogens with zero attached hydrogens (tertiary/aromatic N) is 3. The van der Waals surface area contributed by atoms with Gasteiger partial charge in [0.2, 0.25) is 5.91 Å². The van der Waals surface area contributed by atoms with Crippen molar-refractivity contribution >= 4 is 37.4 Å². The summed E-state index contributed by atoms with van der Waals surface area (Å²) in [7, 11) is -0.411. The van der Waals surface area contributed by atoms with Crippen LogP contribution in [0.2, 0.25) is 0 Å². The number of carbonyl (C=O) groups is 1. The third-order valence-electron chi connectivity index (χ3n) is 4.95. The molecule has 3 rings (SSSR count). The van der Waals surface area contributed by atoms with Crippen molar-refractivity contribution < 1.29 is 13.2 Å². The van der Waals surface area contributed by atoms with Crippen LogP contribution >= 0.6 is 11.3 Å². The van der Waals surface area contributed by atoms with Crippen molar-refractivity contribution in [3.05, 3.63) is 65.7 Å². The molecule has 6 nitrogen and oxygen atoms in total. The fourth-order valence-corrected chi connectivity index (χ4v) is 5.75. The van der Waals surface area contributed by atoms with Crippen LogP contribution in [0.15, 0.2) is 58.8 Å². The highest BCUT2D eigenvalue weighted by molar-refractivity contribution is 7.91. The van der Waals surface area contributed by atoms with E-state index < -0.39 is 10.0 Å². The second-order valence-corrected chi connectivity index (χ2v) is 10.4. The summed E-state index contributed by atoms with van der Waals surface area (Å²) >= 11 is 1.24. The van der Waals surface area contributed by atoms with Gasteiger partial charge >= 0.3 is 0 Å². The molecule has 0 unspecified atom stereocenters. The molecule has 1 heterocycles. The molecule has 156 valence electrons. The summed E-state index contributed by atoms with van der Waals surface area (Å²) < 4.78 is 28.1. The Morgan fingerprint density at radius 3 is 2.43 bits per heavy atom. The van der Waals surface area contributed by atoms with Crippen LogP contribution in [0.1, 0.15) is 17.5 Å². The molecule has 0 aliphatic carbocycles. The van der Waals surface area contributed by atoms with E-state index in [2.05, 4.69) is 6.07 Å². The maximum Gasteiger partial charge on any atom is 0.252 e. The van der Waals surface area contributed by atoms with Gasteiger partial charge in [0.05, 0.1) is 11.6 Å². The zero-order valence-electron chi connectivity index (χ0n) is 16.9. The molecular formula is C22H23N3O3S2. The Morgan fingerprint density at radius 2 is 1.77 bits per heavy atom. The smallest absolute Gasteiger partial charge is 0.252 e. The molecule has 0 aliphatic rings. The molecule has 3 aromatic rings. The molecule has 0 saturated heterocycles. The average molecular weight is 442 g/mol. The summed E-state index contributed by atoms with van der Waals surface area (Å²) in [6, 6.07) is 18.6. The van der Waals surface area contributed by atoms with Crippen molar-refractivity contribution in [1.29, 1.82) is 5.26 Å². The van der Waals surface area contributed by atoms with Gasteiger partial charge in [-0.15, -0.1) is 11.3 Å². The average Bonchev–Trinajstić information content (AvgIpc) is 3.21. The van der Waals surface area contributed by atoms with Crippen LogP contribution in [0.4, 0.5) is 0 Å². The zero-order chi connectivity index (χ0) is 21.7. The van der Waals surface area contributed by atoms with Crippen LogP contribution in [0.25, 0.3) is 10.1 Å². The van der Waals surface area contributed by atoms with E-state index in [0.29, 0.717) is 18.5 Å². The standard InChI is InChI=1S/C22H23N3O3S2/c1-24(13-11-17-7-9-18(16-23)10-8-17)21(26)12-14-25(2)30(27,28)22-15-19-5-3-4-6-20(19)29-22/h3-10,15H,11-14H2,1-2H3. The van der Waals surface area contributed by atoms with Gasteiger partial charge in [0, 0.05) is 38.3 Å². The topological polar surface area (TPSA) is 81.5 Å². The molecule has 0 aliphatic heterocycles. The van der Waals surface area contributed by atoms with E-state index in [1.54, 1.807) is 30.1 Å². The third-order valence-corrected chi connectivity index (χ3v) is 8.37. The molecule has 0 saturated carbocycles. The quantitative estimate of drug-likeness (QED) is 0.536. The first-order valence-electron chi connectivity index (χ1n) is 9.49. The van der Waals surface area contributed by atoms with Gasteiger partial charge in [-0.2, -0.15) is 9.57 Å². The maximum absolute atomic E-state index is 12.8. The number of thiophene rings is 1. The lowest BCUT2D eigenvalue weighted by atomic mass is 10.1. The second kappa shape index (κ2) is 9.39. The van der Waals surface area contributed by atoms with Crippen LogP contribution in [-0.4, -0.2) is 50.7 Å². The van der Waals surface area contributed by atoms with E-state index in [1.165, 1.54) is 22.7 Å². The number of carbonyl (C=O) groups excluding carboxylic acids is 1. The number of sulfonamides is 1. The number of fused-ring (bicyclic) bond motifs is 1. The minimum atomic E-state index is -3.63. The number of nitriles is 1. The van der Waals surface area contributed by atoms with Crippen molar-refractivity contribution in [2.45, 2.75) is 17.1 Å². The predicted molar refractivity (Wildman–Crippen MR) is 119 cm³/mol. The molecule has 1 amide bonds. The predicted octanol–water partition coefficient (Wildman–Crippen LogP) is 3.48. The summed E-state index contributed by atoms with van der Waals surface area (Å²) in [6.45, 7) is 0.647. The first kappa shape index (κ1) is 22.0. The van der Waals surface area contributed by atoms with Crippen LogP contribution < -0.4 is 0 Å². The summed E-state index contributed by atoms with van der Waals surface area (Å²) in [6.07, 6.45) is 0.786. The Kier molecular flexibility index (Phi) is 6.87. The van der Waals surface area contributed by atoms with E-state index in [9.17, 15) is 13.2 Å². The van der Waals surface area contributed by atoms with Gasteiger partial charge in [0.25, 0.3) is 10.0 Å². The van der Waals surface area contributed by atoms with Gasteiger partial charge < -0.3 is 4.90 Å². The Labute approximate surface area is 181 Å². The minimum Gasteiger partial charge on any atom is -0.345 e. The number of likely N-dealkylation sites (N-methyl/N-ethyl adjacent to an activating group) is 1. The lowest BCUT2D eigenvalue weighted by molar-refractivity contribution is -0.129. The van der Waals surface area contributed by atoms with Crippen molar-refractivity contribution in [1.82, 2.24) is 9.21 Å². The summed E-state index contributed by atoms with van der Waals surface area (Å²) in [5.41, 5.74) is 1.64. The summed E-state index contributed by atoms with van der Waals surface area (Å²) in [5.74, 6) is -0.109. The summed E-state index contributed by atoms with van der Waals surface area (Å²) in [4.78, 5) is 14.0. The van der Waals surface area contributed by atoms with Crippen LogP contribution in [0, 0.1) is 11.3 Å². The number of hydrogen-bond acceptors (Lipinski definition) is 5. The molecular weight excluding hydrogens is 418 g/mol. The minimum absolute atomic E-state index is 0.109. The van der Waals surface area contributed by atoms with E-state index >= 15 is 0 Å². The Bertz CT molecular complexity index is 1150. The first-order chi connectivity index (χ1) is 14.3. The molecule has 0 spiro atoms. The van der Waals surface area contributed by atoms with Crippen LogP contribution in [0.3, 0.4) is 0 Å². The van der Waals surface area contributed by atoms with Crippen LogP contribution in [0.5, 0.6) is 0 Å². The van der Waals surface area contributed by atoms with Gasteiger partial charge in [0.15, 0.2) is 0 Å². The number of hydrogen-bond donors (Lipinski definition) is 0. The monoisotopic (exact) mass is 441 g/mol. The van der Waals surface area contributed by atoms with E-state index in [4.69, 9.17) is 5.26 Å². The summed E-state index contributed by atoms with van der Waals surface area (Å²) in [5, 5.41) is 9.74. The van der Waals surface area contributed by atoms with Gasteiger partial charge in [-0.1, -0.05) is 30.3 Å². The first-order valence-corrected chi connectivity index (χ1v) is 11.7. The van der Waals surface area contributed by atoms with Gasteiger partial charge in [0.1, 0.15) is 4.21 Å². The lowest BCUT2D eigenvalue weighted by Gasteiger charge is -2.20. The molecule has 1 aromatic heterocycles. The third kappa shape index (κ3) is 5.05. The Hall–Kier alpha value is -2.73.